The van der Waals surface area contributed by atoms with Gasteiger partial charge in [-0.05, 0) is 29.8 Å². The van der Waals surface area contributed by atoms with Crippen LogP contribution in [0, 0.1) is 0 Å². The molecule has 0 bridgehead atoms. The molecule has 5 heteroatoms. The maximum absolute atomic E-state index is 4.39. The number of nitrogens with zero attached hydrogens (tertiary/aromatic N) is 3. The van der Waals surface area contributed by atoms with E-state index in [0.29, 0.717) is 6.54 Å². The summed E-state index contributed by atoms with van der Waals surface area (Å²) in [6.45, 7) is 2.45. The van der Waals surface area contributed by atoms with E-state index in [1.165, 1.54) is 10.9 Å². The average molecular weight is 307 g/mol. The van der Waals surface area contributed by atoms with Gasteiger partial charge in [0.2, 0.25) is 0 Å². The van der Waals surface area contributed by atoms with Crippen LogP contribution in [-0.2, 0) is 13.1 Å². The van der Waals surface area contributed by atoms with Crippen molar-refractivity contribution in [1.29, 1.82) is 0 Å². The van der Waals surface area contributed by atoms with Gasteiger partial charge in [-0.3, -0.25) is 9.98 Å². The Kier molecular flexibility index (Phi) is 4.88. The Balaban J connectivity index is 1.57. The number of aromatic nitrogens is 2. The minimum absolute atomic E-state index is 0.715. The number of guanidine groups is 1. The Labute approximate surface area is 136 Å². The first-order chi connectivity index (χ1) is 11.4. The van der Waals surface area contributed by atoms with Gasteiger partial charge in [0.25, 0.3) is 0 Å². The average Bonchev–Trinajstić information content (AvgIpc) is 3.11. The normalized spacial score (nSPS) is 11.6. The van der Waals surface area contributed by atoms with E-state index in [1.54, 1.807) is 7.05 Å². The smallest absolute Gasteiger partial charge is 0.191 e. The third kappa shape index (κ3) is 3.88. The first-order valence-corrected chi connectivity index (χ1v) is 7.75. The zero-order chi connectivity index (χ0) is 15.9. The second-order valence-corrected chi connectivity index (χ2v) is 5.26. The minimum Gasteiger partial charge on any atom is -0.355 e. The Morgan fingerprint density at radius 3 is 2.74 bits per heavy atom. The van der Waals surface area contributed by atoms with Crippen LogP contribution in [0.4, 0.5) is 0 Å². The molecule has 0 fully saturated rings. The molecule has 0 unspecified atom stereocenters. The van der Waals surface area contributed by atoms with E-state index in [9.17, 15) is 0 Å². The van der Waals surface area contributed by atoms with E-state index in [-0.39, 0.29) is 0 Å². The number of rotatable bonds is 5. The molecule has 0 spiro atoms. The number of aliphatic imine (C=N–C) groups is 1. The van der Waals surface area contributed by atoms with Crippen LogP contribution in [0.1, 0.15) is 5.56 Å². The zero-order valence-corrected chi connectivity index (χ0v) is 13.2. The van der Waals surface area contributed by atoms with Crippen molar-refractivity contribution in [2.75, 3.05) is 13.6 Å². The molecule has 0 aliphatic rings. The molecule has 0 aliphatic carbocycles. The molecular weight excluding hydrogens is 286 g/mol. The van der Waals surface area contributed by atoms with Crippen molar-refractivity contribution in [1.82, 2.24) is 20.2 Å². The summed E-state index contributed by atoms with van der Waals surface area (Å²) in [4.78, 5) is 8.66. The van der Waals surface area contributed by atoms with Gasteiger partial charge in [-0.25, -0.2) is 0 Å². The summed E-state index contributed by atoms with van der Waals surface area (Å²) in [6, 6.07) is 14.3. The van der Waals surface area contributed by atoms with Crippen LogP contribution in [0.2, 0.25) is 0 Å². The Hall–Kier alpha value is -2.82. The van der Waals surface area contributed by atoms with Gasteiger partial charge in [0.1, 0.15) is 0 Å². The summed E-state index contributed by atoms with van der Waals surface area (Å²) in [5, 5.41) is 7.86. The van der Waals surface area contributed by atoms with Crippen LogP contribution in [0.25, 0.3) is 10.9 Å². The van der Waals surface area contributed by atoms with Gasteiger partial charge >= 0.3 is 0 Å². The van der Waals surface area contributed by atoms with E-state index in [2.05, 4.69) is 43.6 Å². The van der Waals surface area contributed by atoms with Crippen molar-refractivity contribution in [3.63, 3.8) is 0 Å². The van der Waals surface area contributed by atoms with Crippen LogP contribution in [-0.4, -0.2) is 29.1 Å². The quantitative estimate of drug-likeness (QED) is 0.562. The summed E-state index contributed by atoms with van der Waals surface area (Å²) < 4.78 is 2.14. The molecule has 0 saturated heterocycles. The number of fused-ring (bicyclic) bond motifs is 1. The maximum Gasteiger partial charge on any atom is 0.191 e. The summed E-state index contributed by atoms with van der Waals surface area (Å²) in [5.74, 6) is 0.804. The summed E-state index contributed by atoms with van der Waals surface area (Å²) >= 11 is 0. The molecule has 3 rings (SSSR count). The van der Waals surface area contributed by atoms with Crippen LogP contribution in [0.15, 0.2) is 66.0 Å². The fraction of sp³-hybridized carbons (Fsp3) is 0.222. The zero-order valence-electron chi connectivity index (χ0n) is 13.2. The molecule has 5 nitrogen and oxygen atoms in total. The van der Waals surface area contributed by atoms with Crippen LogP contribution in [0.5, 0.6) is 0 Å². The van der Waals surface area contributed by atoms with Crippen molar-refractivity contribution in [2.45, 2.75) is 13.1 Å². The lowest BCUT2D eigenvalue weighted by molar-refractivity contribution is 0.665. The number of benzene rings is 1. The number of hydrogen-bond donors (Lipinski definition) is 2. The SMILES string of the molecule is CN=C(NCCn1cccc1)NCc1ccnc2ccccc12. The van der Waals surface area contributed by atoms with Gasteiger partial charge in [0.15, 0.2) is 5.96 Å². The van der Waals surface area contributed by atoms with Crippen LogP contribution in [0.3, 0.4) is 0 Å². The molecule has 1 aromatic carbocycles. The molecular formula is C18H21N5. The summed E-state index contributed by atoms with van der Waals surface area (Å²) in [5.41, 5.74) is 2.23. The van der Waals surface area contributed by atoms with E-state index in [4.69, 9.17) is 0 Å². The van der Waals surface area contributed by atoms with Crippen LogP contribution >= 0.6 is 0 Å². The summed E-state index contributed by atoms with van der Waals surface area (Å²) in [7, 11) is 1.79. The lowest BCUT2D eigenvalue weighted by Crippen LogP contribution is -2.38. The third-order valence-electron chi connectivity index (χ3n) is 3.74. The van der Waals surface area contributed by atoms with E-state index >= 15 is 0 Å². The van der Waals surface area contributed by atoms with Gasteiger partial charge < -0.3 is 15.2 Å². The Morgan fingerprint density at radius 2 is 1.91 bits per heavy atom. The van der Waals surface area contributed by atoms with Gasteiger partial charge in [-0.2, -0.15) is 0 Å². The topological polar surface area (TPSA) is 54.2 Å². The molecule has 0 atom stereocenters. The minimum atomic E-state index is 0.715. The highest BCUT2D eigenvalue weighted by Crippen LogP contribution is 2.15. The lowest BCUT2D eigenvalue weighted by atomic mass is 10.1. The fourth-order valence-corrected chi connectivity index (χ4v) is 2.53. The maximum atomic E-state index is 4.39. The Morgan fingerprint density at radius 1 is 1.09 bits per heavy atom. The van der Waals surface area contributed by atoms with Crippen LogP contribution < -0.4 is 10.6 Å². The fourth-order valence-electron chi connectivity index (χ4n) is 2.53. The number of hydrogen-bond acceptors (Lipinski definition) is 2. The highest BCUT2D eigenvalue weighted by atomic mass is 15.2. The Bertz CT molecular complexity index is 772. The molecule has 3 aromatic rings. The molecule has 2 N–H and O–H groups in total. The highest BCUT2D eigenvalue weighted by molar-refractivity contribution is 5.83. The first-order valence-electron chi connectivity index (χ1n) is 7.75. The van der Waals surface area contributed by atoms with Gasteiger partial charge in [0.05, 0.1) is 5.52 Å². The van der Waals surface area contributed by atoms with Gasteiger partial charge in [-0.15, -0.1) is 0 Å². The standard InChI is InChI=1S/C18H21N5/c1-19-18(21-10-13-23-11-4-5-12-23)22-14-15-8-9-20-17-7-3-2-6-16(15)17/h2-9,11-12H,10,13-14H2,1H3,(H2,19,21,22). The van der Waals surface area contributed by atoms with Crippen molar-refractivity contribution in [3.8, 4) is 0 Å². The predicted molar refractivity (Wildman–Crippen MR) is 94.4 cm³/mol. The molecule has 2 aromatic heterocycles. The van der Waals surface area contributed by atoms with E-state index < -0.39 is 0 Å². The van der Waals surface area contributed by atoms with Gasteiger partial charge in [0, 0.05) is 50.7 Å². The summed E-state index contributed by atoms with van der Waals surface area (Å²) in [6.07, 6.45) is 5.96. The highest BCUT2D eigenvalue weighted by Gasteiger charge is 2.03. The molecule has 0 amide bonds. The number of para-hydroxylation sites is 1. The molecule has 0 aliphatic heterocycles. The van der Waals surface area contributed by atoms with Crippen molar-refractivity contribution < 1.29 is 0 Å². The van der Waals surface area contributed by atoms with Crippen molar-refractivity contribution in [3.05, 3.63) is 66.6 Å². The first kappa shape index (κ1) is 15.1. The largest absolute Gasteiger partial charge is 0.355 e. The van der Waals surface area contributed by atoms with Crippen molar-refractivity contribution >= 4 is 16.9 Å². The lowest BCUT2D eigenvalue weighted by Gasteiger charge is -2.13. The van der Waals surface area contributed by atoms with E-state index in [1.807, 2.05) is 42.6 Å². The molecule has 118 valence electrons. The second-order valence-electron chi connectivity index (χ2n) is 5.26. The molecule has 0 saturated carbocycles. The van der Waals surface area contributed by atoms with E-state index in [0.717, 1.165) is 24.6 Å². The molecule has 2 heterocycles. The van der Waals surface area contributed by atoms with Gasteiger partial charge in [-0.1, -0.05) is 18.2 Å². The number of pyridine rings is 1. The molecule has 23 heavy (non-hydrogen) atoms. The molecule has 0 radical (unpaired) electrons. The monoisotopic (exact) mass is 307 g/mol. The third-order valence-corrected chi connectivity index (χ3v) is 3.74. The number of nitrogens with one attached hydrogen (secondary N) is 2. The van der Waals surface area contributed by atoms with Crippen molar-refractivity contribution in [2.24, 2.45) is 4.99 Å². The second kappa shape index (κ2) is 7.45. The predicted octanol–water partition coefficient (Wildman–Crippen LogP) is 2.40.